The highest BCUT2D eigenvalue weighted by Gasteiger charge is 2.14. The van der Waals surface area contributed by atoms with Crippen LogP contribution in [0.25, 0.3) is 21.0 Å². The Labute approximate surface area is 105 Å². The molecule has 0 amide bonds. The van der Waals surface area contributed by atoms with Gasteiger partial charge in [0.1, 0.15) is 0 Å². The van der Waals surface area contributed by atoms with Crippen LogP contribution >= 0.6 is 11.3 Å². The van der Waals surface area contributed by atoms with Gasteiger partial charge in [0.25, 0.3) is 0 Å². The number of aromatic nitrogens is 1. The lowest BCUT2D eigenvalue weighted by molar-refractivity contribution is 0.591. The maximum absolute atomic E-state index is 4.38. The Hall–Kier alpha value is -1.41. The predicted molar refractivity (Wildman–Crippen MR) is 75.8 cm³/mol. The molecule has 1 nitrogen and oxygen atoms in total. The van der Waals surface area contributed by atoms with Crippen LogP contribution in [0.1, 0.15) is 26.3 Å². The monoisotopic (exact) mass is 241 g/mol. The van der Waals surface area contributed by atoms with E-state index in [0.29, 0.717) is 0 Å². The SMILES string of the molecule is CC(C)(C)c1ccc2ccc3ncsc3c2c1. The molecule has 0 fully saturated rings. The molecule has 0 atom stereocenters. The molecule has 0 aliphatic heterocycles. The van der Waals surface area contributed by atoms with Crippen LogP contribution in [0.5, 0.6) is 0 Å². The lowest BCUT2D eigenvalue weighted by atomic mass is 9.86. The molecular weight excluding hydrogens is 226 g/mol. The Kier molecular flexibility index (Phi) is 2.23. The number of fused-ring (bicyclic) bond motifs is 3. The number of hydrogen-bond acceptors (Lipinski definition) is 2. The van der Waals surface area contributed by atoms with Crippen molar-refractivity contribution in [3.05, 3.63) is 41.4 Å². The van der Waals surface area contributed by atoms with Gasteiger partial charge < -0.3 is 0 Å². The van der Waals surface area contributed by atoms with E-state index < -0.39 is 0 Å². The summed E-state index contributed by atoms with van der Waals surface area (Å²) < 4.78 is 1.30. The van der Waals surface area contributed by atoms with Gasteiger partial charge >= 0.3 is 0 Å². The van der Waals surface area contributed by atoms with Gasteiger partial charge in [-0.3, -0.25) is 0 Å². The summed E-state index contributed by atoms with van der Waals surface area (Å²) in [6.45, 7) is 6.75. The maximum atomic E-state index is 4.38. The molecule has 0 radical (unpaired) electrons. The lowest BCUT2D eigenvalue weighted by Crippen LogP contribution is -2.10. The maximum Gasteiger partial charge on any atom is 0.0818 e. The van der Waals surface area contributed by atoms with Crippen molar-refractivity contribution in [2.45, 2.75) is 26.2 Å². The Morgan fingerprint density at radius 3 is 2.59 bits per heavy atom. The topological polar surface area (TPSA) is 12.9 Å². The first-order valence-electron chi connectivity index (χ1n) is 5.82. The molecule has 0 aliphatic rings. The highest BCUT2D eigenvalue weighted by Crippen LogP contribution is 2.32. The summed E-state index contributed by atoms with van der Waals surface area (Å²) in [6, 6.07) is 11.0. The van der Waals surface area contributed by atoms with Gasteiger partial charge in [-0.05, 0) is 28.5 Å². The Morgan fingerprint density at radius 2 is 1.82 bits per heavy atom. The summed E-state index contributed by atoms with van der Waals surface area (Å²) in [4.78, 5) is 4.38. The molecule has 0 spiro atoms. The molecule has 86 valence electrons. The van der Waals surface area contributed by atoms with Gasteiger partial charge in [-0.2, -0.15) is 0 Å². The fourth-order valence-corrected chi connectivity index (χ4v) is 2.93. The molecule has 0 aliphatic carbocycles. The van der Waals surface area contributed by atoms with E-state index in [1.165, 1.54) is 21.0 Å². The molecule has 0 saturated heterocycles. The first-order chi connectivity index (χ1) is 8.05. The molecule has 0 N–H and O–H groups in total. The summed E-state index contributed by atoms with van der Waals surface area (Å²) in [5, 5.41) is 2.63. The Bertz CT molecular complexity index is 689. The van der Waals surface area contributed by atoms with E-state index in [0.717, 1.165) is 5.52 Å². The summed E-state index contributed by atoms with van der Waals surface area (Å²) >= 11 is 1.73. The number of rotatable bonds is 0. The van der Waals surface area contributed by atoms with E-state index in [4.69, 9.17) is 0 Å². The van der Waals surface area contributed by atoms with Crippen LogP contribution in [0.2, 0.25) is 0 Å². The van der Waals surface area contributed by atoms with Crippen molar-refractivity contribution in [2.24, 2.45) is 0 Å². The molecule has 2 heteroatoms. The lowest BCUT2D eigenvalue weighted by Gasteiger charge is -2.19. The van der Waals surface area contributed by atoms with Crippen molar-refractivity contribution >= 4 is 32.3 Å². The molecule has 3 aromatic rings. The third-order valence-corrected chi connectivity index (χ3v) is 4.06. The number of hydrogen-bond donors (Lipinski definition) is 0. The second kappa shape index (κ2) is 3.54. The molecule has 0 saturated carbocycles. The predicted octanol–water partition coefficient (Wildman–Crippen LogP) is 4.75. The van der Waals surface area contributed by atoms with Crippen LogP contribution in [-0.4, -0.2) is 4.98 Å². The van der Waals surface area contributed by atoms with E-state index >= 15 is 0 Å². The van der Waals surface area contributed by atoms with E-state index in [1.54, 1.807) is 11.3 Å². The van der Waals surface area contributed by atoms with Crippen LogP contribution < -0.4 is 0 Å². The van der Waals surface area contributed by atoms with Gasteiger partial charge in [-0.1, -0.05) is 39.0 Å². The number of nitrogens with zero attached hydrogens (tertiary/aromatic N) is 1. The fourth-order valence-electron chi connectivity index (χ4n) is 2.11. The average molecular weight is 241 g/mol. The quantitative estimate of drug-likeness (QED) is 0.553. The second-order valence-corrected chi connectivity index (χ2v) is 6.31. The number of benzene rings is 2. The first-order valence-corrected chi connectivity index (χ1v) is 6.70. The van der Waals surface area contributed by atoms with Crippen LogP contribution in [0.15, 0.2) is 35.8 Å². The van der Waals surface area contributed by atoms with E-state index in [1.807, 2.05) is 5.51 Å². The van der Waals surface area contributed by atoms with Crippen LogP contribution in [-0.2, 0) is 5.41 Å². The molecule has 17 heavy (non-hydrogen) atoms. The van der Waals surface area contributed by atoms with E-state index in [9.17, 15) is 0 Å². The Balaban J connectivity index is 2.40. The summed E-state index contributed by atoms with van der Waals surface area (Å²) in [5.41, 5.74) is 4.61. The molecule has 1 heterocycles. The molecule has 0 bridgehead atoms. The van der Waals surface area contributed by atoms with Crippen molar-refractivity contribution in [3.8, 4) is 0 Å². The zero-order valence-corrected chi connectivity index (χ0v) is 11.1. The van der Waals surface area contributed by atoms with Gasteiger partial charge in [0.05, 0.1) is 15.7 Å². The number of thiazole rings is 1. The zero-order chi connectivity index (χ0) is 12.0. The van der Waals surface area contributed by atoms with E-state index in [2.05, 4.69) is 56.1 Å². The van der Waals surface area contributed by atoms with Gasteiger partial charge in [0, 0.05) is 5.39 Å². The van der Waals surface area contributed by atoms with Gasteiger partial charge in [0.15, 0.2) is 0 Å². The fraction of sp³-hybridized carbons (Fsp3) is 0.267. The van der Waals surface area contributed by atoms with Crippen molar-refractivity contribution in [2.75, 3.05) is 0 Å². The molecule has 0 unspecified atom stereocenters. The third kappa shape index (κ3) is 1.73. The van der Waals surface area contributed by atoms with Crippen molar-refractivity contribution in [1.29, 1.82) is 0 Å². The normalized spacial score (nSPS) is 12.4. The minimum atomic E-state index is 0.195. The van der Waals surface area contributed by atoms with Crippen molar-refractivity contribution in [1.82, 2.24) is 4.98 Å². The van der Waals surface area contributed by atoms with Gasteiger partial charge in [-0.15, -0.1) is 11.3 Å². The van der Waals surface area contributed by atoms with Crippen molar-refractivity contribution < 1.29 is 0 Å². The minimum Gasteiger partial charge on any atom is -0.245 e. The van der Waals surface area contributed by atoms with Crippen LogP contribution in [0.3, 0.4) is 0 Å². The summed E-state index contributed by atoms with van der Waals surface area (Å²) in [7, 11) is 0. The van der Waals surface area contributed by atoms with Crippen molar-refractivity contribution in [3.63, 3.8) is 0 Å². The third-order valence-electron chi connectivity index (χ3n) is 3.18. The molecule has 3 rings (SSSR count). The standard InChI is InChI=1S/C15H15NS/c1-15(2,3)11-6-4-10-5-7-13-14(12(10)8-11)17-9-16-13/h4-9H,1-3H3. The molecular formula is C15H15NS. The molecule has 1 aromatic heterocycles. The minimum absolute atomic E-state index is 0.195. The summed E-state index contributed by atoms with van der Waals surface area (Å²) in [5.74, 6) is 0. The second-order valence-electron chi connectivity index (χ2n) is 5.45. The smallest absolute Gasteiger partial charge is 0.0818 e. The van der Waals surface area contributed by atoms with Crippen LogP contribution in [0.4, 0.5) is 0 Å². The first kappa shape index (κ1) is 10.7. The largest absolute Gasteiger partial charge is 0.245 e. The Morgan fingerprint density at radius 1 is 1.06 bits per heavy atom. The summed E-state index contributed by atoms with van der Waals surface area (Å²) in [6.07, 6.45) is 0. The van der Waals surface area contributed by atoms with Gasteiger partial charge in [0.2, 0.25) is 0 Å². The molecule has 2 aromatic carbocycles. The van der Waals surface area contributed by atoms with Crippen LogP contribution in [0, 0.1) is 0 Å². The average Bonchev–Trinajstić information content (AvgIpc) is 2.75. The highest BCUT2D eigenvalue weighted by atomic mass is 32.1. The highest BCUT2D eigenvalue weighted by molar-refractivity contribution is 7.17. The van der Waals surface area contributed by atoms with Gasteiger partial charge in [-0.25, -0.2) is 4.98 Å². The van der Waals surface area contributed by atoms with E-state index in [-0.39, 0.29) is 5.41 Å². The zero-order valence-electron chi connectivity index (χ0n) is 10.3.